The molecule has 0 unspecified atom stereocenters. The van der Waals surface area contributed by atoms with E-state index in [2.05, 4.69) is 5.16 Å². The lowest BCUT2D eigenvalue weighted by molar-refractivity contribution is 0.318. The van der Waals surface area contributed by atoms with Crippen LogP contribution in [-0.2, 0) is 0 Å². The number of rotatable bonds is 3. The molecule has 104 valence electrons. The third-order valence-corrected chi connectivity index (χ3v) is 3.42. The first kappa shape index (κ1) is 14.8. The van der Waals surface area contributed by atoms with Crippen LogP contribution < -0.4 is 10.5 Å². The van der Waals surface area contributed by atoms with Gasteiger partial charge in [0.05, 0.1) is 15.6 Å². The van der Waals surface area contributed by atoms with Crippen LogP contribution in [0.1, 0.15) is 5.56 Å². The monoisotopic (exact) mass is 330 g/mol. The van der Waals surface area contributed by atoms with Gasteiger partial charge in [-0.15, -0.1) is 0 Å². The average Bonchev–Trinajstić information content (AvgIpc) is 2.42. The summed E-state index contributed by atoms with van der Waals surface area (Å²) in [6, 6.07) is 9.55. The zero-order valence-electron chi connectivity index (χ0n) is 9.98. The Labute approximate surface area is 130 Å². The van der Waals surface area contributed by atoms with Gasteiger partial charge in [0.15, 0.2) is 5.84 Å². The Balaban J connectivity index is 2.41. The lowest BCUT2D eigenvalue weighted by Crippen LogP contribution is -2.14. The predicted molar refractivity (Wildman–Crippen MR) is 80.5 cm³/mol. The van der Waals surface area contributed by atoms with Crippen LogP contribution in [0, 0.1) is 0 Å². The van der Waals surface area contributed by atoms with Crippen LogP contribution in [0.15, 0.2) is 41.6 Å². The van der Waals surface area contributed by atoms with Crippen molar-refractivity contribution in [3.63, 3.8) is 0 Å². The molecule has 0 amide bonds. The molecule has 0 aliphatic heterocycles. The van der Waals surface area contributed by atoms with E-state index in [0.29, 0.717) is 32.1 Å². The number of amidine groups is 1. The highest BCUT2D eigenvalue weighted by atomic mass is 35.5. The highest BCUT2D eigenvalue weighted by Gasteiger charge is 2.11. The second kappa shape index (κ2) is 6.22. The topological polar surface area (TPSA) is 67.8 Å². The molecular formula is C13H9Cl3N2O2. The Kier molecular flexibility index (Phi) is 4.60. The van der Waals surface area contributed by atoms with E-state index in [4.69, 9.17) is 50.5 Å². The first-order valence-electron chi connectivity index (χ1n) is 5.41. The molecule has 0 radical (unpaired) electrons. The molecule has 0 fully saturated rings. The molecule has 0 aliphatic rings. The standard InChI is InChI=1S/C13H9Cl3N2O2/c14-7-1-3-9(13(17)18-19)12(5-7)20-8-2-4-10(15)11(16)6-8/h1-6,19H,(H2,17,18). The molecule has 0 heterocycles. The molecular weight excluding hydrogens is 323 g/mol. The molecule has 0 saturated carbocycles. The number of ether oxygens (including phenoxy) is 1. The third kappa shape index (κ3) is 3.28. The maximum absolute atomic E-state index is 8.76. The van der Waals surface area contributed by atoms with Crippen molar-refractivity contribution in [1.29, 1.82) is 0 Å². The molecule has 0 aliphatic carbocycles. The van der Waals surface area contributed by atoms with Gasteiger partial charge >= 0.3 is 0 Å². The fraction of sp³-hybridized carbons (Fsp3) is 0. The molecule has 0 saturated heterocycles. The van der Waals surface area contributed by atoms with E-state index in [1.165, 1.54) is 0 Å². The fourth-order valence-electron chi connectivity index (χ4n) is 1.51. The number of hydrogen-bond donors (Lipinski definition) is 2. The minimum absolute atomic E-state index is 0.0864. The molecule has 2 rings (SSSR count). The van der Waals surface area contributed by atoms with Gasteiger partial charge in [-0.3, -0.25) is 0 Å². The summed E-state index contributed by atoms with van der Waals surface area (Å²) in [7, 11) is 0. The van der Waals surface area contributed by atoms with E-state index in [9.17, 15) is 0 Å². The Hall–Kier alpha value is -1.62. The highest BCUT2D eigenvalue weighted by molar-refractivity contribution is 6.42. The van der Waals surface area contributed by atoms with Crippen molar-refractivity contribution in [2.45, 2.75) is 0 Å². The van der Waals surface area contributed by atoms with Crippen LogP contribution in [-0.4, -0.2) is 11.0 Å². The first-order valence-corrected chi connectivity index (χ1v) is 6.55. The highest BCUT2D eigenvalue weighted by Crippen LogP contribution is 2.32. The van der Waals surface area contributed by atoms with Crippen molar-refractivity contribution in [2.24, 2.45) is 10.9 Å². The summed E-state index contributed by atoms with van der Waals surface area (Å²) in [5, 5.41) is 12.9. The number of oxime groups is 1. The smallest absolute Gasteiger partial charge is 0.173 e. The summed E-state index contributed by atoms with van der Waals surface area (Å²) < 4.78 is 5.65. The van der Waals surface area contributed by atoms with Gasteiger partial charge < -0.3 is 15.7 Å². The zero-order valence-corrected chi connectivity index (χ0v) is 12.2. The summed E-state index contributed by atoms with van der Waals surface area (Å²) in [5.41, 5.74) is 5.99. The molecule has 4 nitrogen and oxygen atoms in total. The Bertz CT molecular complexity index is 675. The van der Waals surface area contributed by atoms with Gasteiger partial charge in [0.25, 0.3) is 0 Å². The number of hydrogen-bond acceptors (Lipinski definition) is 3. The summed E-state index contributed by atoms with van der Waals surface area (Å²) >= 11 is 17.7. The Morgan fingerprint density at radius 2 is 1.80 bits per heavy atom. The molecule has 0 aromatic heterocycles. The third-order valence-electron chi connectivity index (χ3n) is 2.45. The quantitative estimate of drug-likeness (QED) is 0.376. The van der Waals surface area contributed by atoms with E-state index in [1.807, 2.05) is 0 Å². The van der Waals surface area contributed by atoms with Crippen LogP contribution in [0.4, 0.5) is 0 Å². The van der Waals surface area contributed by atoms with Crippen molar-refractivity contribution in [3.8, 4) is 11.5 Å². The van der Waals surface area contributed by atoms with Crippen LogP contribution in [0.3, 0.4) is 0 Å². The number of halogens is 3. The average molecular weight is 332 g/mol. The minimum atomic E-state index is -0.0864. The summed E-state index contributed by atoms with van der Waals surface area (Å²) in [4.78, 5) is 0. The van der Waals surface area contributed by atoms with Gasteiger partial charge in [-0.25, -0.2) is 0 Å². The lowest BCUT2D eigenvalue weighted by Gasteiger charge is -2.11. The predicted octanol–water partition coefficient (Wildman–Crippen LogP) is 4.53. The van der Waals surface area contributed by atoms with Gasteiger partial charge in [-0.1, -0.05) is 40.0 Å². The van der Waals surface area contributed by atoms with Crippen molar-refractivity contribution in [2.75, 3.05) is 0 Å². The molecule has 2 aromatic rings. The van der Waals surface area contributed by atoms with Gasteiger partial charge in [0, 0.05) is 17.2 Å². The van der Waals surface area contributed by atoms with E-state index in [-0.39, 0.29) is 5.84 Å². The largest absolute Gasteiger partial charge is 0.456 e. The summed E-state index contributed by atoms with van der Waals surface area (Å²) in [6.07, 6.45) is 0. The van der Waals surface area contributed by atoms with Crippen LogP contribution in [0.2, 0.25) is 15.1 Å². The molecule has 0 bridgehead atoms. The van der Waals surface area contributed by atoms with E-state index in [1.54, 1.807) is 36.4 Å². The molecule has 20 heavy (non-hydrogen) atoms. The van der Waals surface area contributed by atoms with Crippen molar-refractivity contribution < 1.29 is 9.94 Å². The van der Waals surface area contributed by atoms with Crippen LogP contribution >= 0.6 is 34.8 Å². The SMILES string of the molecule is NC(=NO)c1ccc(Cl)cc1Oc1ccc(Cl)c(Cl)c1. The molecule has 2 aromatic carbocycles. The van der Waals surface area contributed by atoms with E-state index < -0.39 is 0 Å². The first-order chi connectivity index (χ1) is 9.51. The Morgan fingerprint density at radius 3 is 2.45 bits per heavy atom. The van der Waals surface area contributed by atoms with Crippen molar-refractivity contribution in [3.05, 3.63) is 57.0 Å². The number of nitrogens with zero attached hydrogens (tertiary/aromatic N) is 1. The maximum atomic E-state index is 8.76. The van der Waals surface area contributed by atoms with E-state index >= 15 is 0 Å². The van der Waals surface area contributed by atoms with E-state index in [0.717, 1.165) is 0 Å². The molecule has 7 heteroatoms. The van der Waals surface area contributed by atoms with Gasteiger partial charge in [-0.05, 0) is 24.3 Å². The van der Waals surface area contributed by atoms with Crippen LogP contribution in [0.25, 0.3) is 0 Å². The van der Waals surface area contributed by atoms with Crippen molar-refractivity contribution >= 4 is 40.6 Å². The van der Waals surface area contributed by atoms with Gasteiger partial charge in [0.2, 0.25) is 0 Å². The zero-order chi connectivity index (χ0) is 14.7. The fourth-order valence-corrected chi connectivity index (χ4v) is 1.96. The minimum Gasteiger partial charge on any atom is -0.456 e. The van der Waals surface area contributed by atoms with Gasteiger partial charge in [0.1, 0.15) is 11.5 Å². The second-order valence-corrected chi connectivity index (χ2v) is 5.05. The Morgan fingerprint density at radius 1 is 1.05 bits per heavy atom. The molecule has 0 atom stereocenters. The normalized spacial score (nSPS) is 11.4. The number of benzene rings is 2. The molecule has 0 spiro atoms. The summed E-state index contributed by atoms with van der Waals surface area (Å²) in [5.74, 6) is 0.705. The maximum Gasteiger partial charge on any atom is 0.173 e. The van der Waals surface area contributed by atoms with Crippen molar-refractivity contribution in [1.82, 2.24) is 0 Å². The van der Waals surface area contributed by atoms with Crippen LogP contribution in [0.5, 0.6) is 11.5 Å². The second-order valence-electron chi connectivity index (χ2n) is 3.80. The number of nitrogens with two attached hydrogens (primary N) is 1. The molecule has 3 N–H and O–H groups in total. The van der Waals surface area contributed by atoms with Gasteiger partial charge in [-0.2, -0.15) is 0 Å². The summed E-state index contributed by atoms with van der Waals surface area (Å²) in [6.45, 7) is 0. The lowest BCUT2D eigenvalue weighted by atomic mass is 10.2.